The molecule has 0 unspecified atom stereocenters. The first-order valence-electron chi connectivity index (χ1n) is 10.7. The first-order chi connectivity index (χ1) is 15.6. The zero-order valence-electron chi connectivity index (χ0n) is 18.4. The van der Waals surface area contributed by atoms with Gasteiger partial charge in [0.2, 0.25) is 5.91 Å². The quantitative estimate of drug-likeness (QED) is 0.427. The Morgan fingerprint density at radius 3 is 2.38 bits per heavy atom. The molecule has 1 amide bonds. The summed E-state index contributed by atoms with van der Waals surface area (Å²) in [4.78, 5) is 12.4. The lowest BCUT2D eigenvalue weighted by molar-refractivity contribution is -0.121. The number of methoxy groups -OCH3 is 1. The van der Waals surface area contributed by atoms with Crippen LogP contribution in [0.1, 0.15) is 23.2 Å². The van der Waals surface area contributed by atoms with E-state index in [1.54, 1.807) is 7.11 Å². The fourth-order valence-electron chi connectivity index (χ4n) is 3.52. The Labute approximate surface area is 188 Å². The number of nitrogens with zero attached hydrogens (tertiary/aromatic N) is 2. The van der Waals surface area contributed by atoms with Gasteiger partial charge in [-0.25, -0.2) is 4.68 Å². The molecule has 1 aromatic heterocycles. The highest BCUT2D eigenvalue weighted by Gasteiger charge is 2.13. The van der Waals surface area contributed by atoms with Gasteiger partial charge >= 0.3 is 0 Å². The van der Waals surface area contributed by atoms with Gasteiger partial charge in [-0.2, -0.15) is 5.10 Å². The highest BCUT2D eigenvalue weighted by atomic mass is 16.5. The second kappa shape index (κ2) is 9.96. The minimum atomic E-state index is 0.0193. The summed E-state index contributed by atoms with van der Waals surface area (Å²) in [5, 5.41) is 7.81. The monoisotopic (exact) mass is 425 g/mol. The first kappa shape index (κ1) is 21.4. The van der Waals surface area contributed by atoms with Crippen LogP contribution in [0.4, 0.5) is 0 Å². The molecule has 0 aliphatic heterocycles. The summed E-state index contributed by atoms with van der Waals surface area (Å²) in [6.07, 6.45) is 0.961. The molecule has 1 heterocycles. The van der Waals surface area contributed by atoms with Crippen molar-refractivity contribution in [3.05, 3.63) is 102 Å². The molecule has 0 radical (unpaired) electrons. The molecule has 3 aromatic carbocycles. The maximum Gasteiger partial charge on any atom is 0.220 e. The molecule has 5 nitrogen and oxygen atoms in total. The van der Waals surface area contributed by atoms with Gasteiger partial charge in [-0.1, -0.05) is 60.2 Å². The molecule has 4 rings (SSSR count). The van der Waals surface area contributed by atoms with Gasteiger partial charge in [-0.3, -0.25) is 4.79 Å². The number of benzene rings is 3. The normalized spacial score (nSPS) is 10.7. The lowest BCUT2D eigenvalue weighted by Gasteiger charge is -2.08. The van der Waals surface area contributed by atoms with Crippen LogP contribution < -0.4 is 10.1 Å². The Bertz CT molecular complexity index is 1160. The van der Waals surface area contributed by atoms with E-state index in [-0.39, 0.29) is 5.91 Å². The average molecular weight is 426 g/mol. The highest BCUT2D eigenvalue weighted by molar-refractivity contribution is 5.76. The summed E-state index contributed by atoms with van der Waals surface area (Å²) in [7, 11) is 1.65. The predicted octanol–water partition coefficient (Wildman–Crippen LogP) is 5.11. The van der Waals surface area contributed by atoms with Gasteiger partial charge in [-0.05, 0) is 42.8 Å². The Morgan fingerprint density at radius 1 is 0.969 bits per heavy atom. The van der Waals surface area contributed by atoms with E-state index in [4.69, 9.17) is 9.84 Å². The third kappa shape index (κ3) is 5.24. The lowest BCUT2D eigenvalue weighted by Crippen LogP contribution is -2.23. The van der Waals surface area contributed by atoms with E-state index in [1.165, 1.54) is 5.56 Å². The van der Waals surface area contributed by atoms with E-state index in [2.05, 4.69) is 42.6 Å². The van der Waals surface area contributed by atoms with Crippen molar-refractivity contribution in [2.75, 3.05) is 7.11 Å². The predicted molar refractivity (Wildman–Crippen MR) is 127 cm³/mol. The van der Waals surface area contributed by atoms with E-state index in [0.29, 0.717) is 19.4 Å². The smallest absolute Gasteiger partial charge is 0.220 e. The van der Waals surface area contributed by atoms with Crippen molar-refractivity contribution in [3.8, 4) is 22.7 Å². The number of hydrogen-bond donors (Lipinski definition) is 1. The van der Waals surface area contributed by atoms with Crippen LogP contribution >= 0.6 is 0 Å². The maximum atomic E-state index is 12.4. The Morgan fingerprint density at radius 2 is 1.69 bits per heavy atom. The van der Waals surface area contributed by atoms with Gasteiger partial charge in [0.1, 0.15) is 5.75 Å². The molecule has 5 heteroatoms. The van der Waals surface area contributed by atoms with Crippen molar-refractivity contribution in [1.29, 1.82) is 0 Å². The molecule has 0 spiro atoms. The van der Waals surface area contributed by atoms with E-state index in [1.807, 2.05) is 59.3 Å². The minimum Gasteiger partial charge on any atom is -0.497 e. The number of hydrogen-bond acceptors (Lipinski definition) is 3. The first-order valence-corrected chi connectivity index (χ1v) is 10.7. The number of carbonyl (C=O) groups excluding carboxylic acids is 1. The molecular weight excluding hydrogens is 398 g/mol. The summed E-state index contributed by atoms with van der Waals surface area (Å²) in [5.74, 6) is 0.818. The number of ether oxygens (including phenoxy) is 1. The van der Waals surface area contributed by atoms with Crippen LogP contribution in [0.5, 0.6) is 5.75 Å². The molecule has 0 fully saturated rings. The van der Waals surface area contributed by atoms with Crippen molar-refractivity contribution in [2.45, 2.75) is 26.3 Å². The third-order valence-corrected chi connectivity index (χ3v) is 5.36. The molecule has 0 aliphatic carbocycles. The largest absolute Gasteiger partial charge is 0.497 e. The molecule has 0 saturated carbocycles. The lowest BCUT2D eigenvalue weighted by atomic mass is 10.1. The average Bonchev–Trinajstić information content (AvgIpc) is 3.27. The topological polar surface area (TPSA) is 56.2 Å². The molecule has 1 N–H and O–H groups in total. The number of carbonyl (C=O) groups is 1. The van der Waals surface area contributed by atoms with Gasteiger partial charge < -0.3 is 10.1 Å². The van der Waals surface area contributed by atoms with Crippen molar-refractivity contribution in [1.82, 2.24) is 15.1 Å². The molecule has 162 valence electrons. The van der Waals surface area contributed by atoms with Gasteiger partial charge in [0, 0.05) is 24.9 Å². The van der Waals surface area contributed by atoms with Crippen molar-refractivity contribution < 1.29 is 9.53 Å². The van der Waals surface area contributed by atoms with Crippen LogP contribution in [0, 0.1) is 6.92 Å². The fraction of sp³-hybridized carbons (Fsp3) is 0.185. The van der Waals surface area contributed by atoms with Crippen LogP contribution in [0.25, 0.3) is 16.9 Å². The van der Waals surface area contributed by atoms with Gasteiger partial charge in [0.25, 0.3) is 0 Å². The number of rotatable bonds is 8. The van der Waals surface area contributed by atoms with Gasteiger partial charge in [0.15, 0.2) is 0 Å². The van der Waals surface area contributed by atoms with E-state index in [9.17, 15) is 4.79 Å². The SMILES string of the molecule is COc1ccc(-n2nc(CCC(=O)NCc3ccc(C)cc3)cc2-c2ccccc2)cc1. The van der Waals surface area contributed by atoms with Crippen LogP contribution in [-0.2, 0) is 17.8 Å². The third-order valence-electron chi connectivity index (χ3n) is 5.36. The maximum absolute atomic E-state index is 12.4. The molecule has 32 heavy (non-hydrogen) atoms. The number of amides is 1. The molecule has 0 bridgehead atoms. The summed E-state index contributed by atoms with van der Waals surface area (Å²) in [5.41, 5.74) is 6.20. The molecule has 0 atom stereocenters. The zero-order valence-corrected chi connectivity index (χ0v) is 18.4. The number of nitrogens with one attached hydrogen (secondary N) is 1. The molecule has 0 saturated heterocycles. The van der Waals surface area contributed by atoms with Crippen LogP contribution in [-0.4, -0.2) is 22.8 Å². The Balaban J connectivity index is 1.48. The molecular formula is C27H27N3O2. The molecule has 4 aromatic rings. The Hall–Kier alpha value is -3.86. The highest BCUT2D eigenvalue weighted by Crippen LogP contribution is 2.25. The minimum absolute atomic E-state index is 0.0193. The number of aromatic nitrogens is 2. The molecule has 0 aliphatic rings. The summed E-state index contributed by atoms with van der Waals surface area (Å²) >= 11 is 0. The fourth-order valence-corrected chi connectivity index (χ4v) is 3.52. The van der Waals surface area contributed by atoms with Gasteiger partial charge in [0.05, 0.1) is 24.2 Å². The second-order valence-corrected chi connectivity index (χ2v) is 7.76. The van der Waals surface area contributed by atoms with Crippen molar-refractivity contribution in [2.24, 2.45) is 0 Å². The van der Waals surface area contributed by atoms with Crippen LogP contribution in [0.2, 0.25) is 0 Å². The second-order valence-electron chi connectivity index (χ2n) is 7.76. The summed E-state index contributed by atoms with van der Waals surface area (Å²) < 4.78 is 7.20. The van der Waals surface area contributed by atoms with Crippen LogP contribution in [0.15, 0.2) is 84.9 Å². The van der Waals surface area contributed by atoms with E-state index in [0.717, 1.165) is 34.0 Å². The summed E-state index contributed by atoms with van der Waals surface area (Å²) in [6.45, 7) is 2.59. The van der Waals surface area contributed by atoms with Crippen molar-refractivity contribution >= 4 is 5.91 Å². The summed E-state index contributed by atoms with van der Waals surface area (Å²) in [6, 6.07) is 28.2. The Kier molecular flexibility index (Phi) is 6.66. The zero-order chi connectivity index (χ0) is 22.3. The van der Waals surface area contributed by atoms with Crippen molar-refractivity contribution in [3.63, 3.8) is 0 Å². The van der Waals surface area contributed by atoms with Gasteiger partial charge in [-0.15, -0.1) is 0 Å². The van der Waals surface area contributed by atoms with E-state index >= 15 is 0 Å². The van der Waals surface area contributed by atoms with E-state index < -0.39 is 0 Å². The standard InChI is InChI=1S/C27H27N3O2/c1-20-8-10-21(11-9-20)19-28-27(31)17-12-23-18-26(22-6-4-3-5-7-22)30(29-23)24-13-15-25(32-2)16-14-24/h3-11,13-16,18H,12,17,19H2,1-2H3,(H,28,31). The number of aryl methyl sites for hydroxylation is 2. The van der Waals surface area contributed by atoms with Crippen LogP contribution in [0.3, 0.4) is 0 Å².